The van der Waals surface area contributed by atoms with E-state index in [2.05, 4.69) is 10.3 Å². The number of anilines is 2. The second-order valence-corrected chi connectivity index (χ2v) is 5.57. The molecule has 0 amide bonds. The van der Waals surface area contributed by atoms with Crippen LogP contribution in [0.2, 0.25) is 0 Å². The van der Waals surface area contributed by atoms with E-state index in [1.165, 1.54) is 0 Å². The number of rotatable bonds is 5. The molecule has 0 aliphatic heterocycles. The lowest BCUT2D eigenvalue weighted by molar-refractivity contribution is 0.0527. The van der Waals surface area contributed by atoms with Crippen molar-refractivity contribution in [2.45, 2.75) is 26.8 Å². The Labute approximate surface area is 128 Å². The van der Waals surface area contributed by atoms with Gasteiger partial charge in [-0.05, 0) is 32.9 Å². The monoisotopic (exact) mass is 305 g/mol. The highest BCUT2D eigenvalue weighted by Crippen LogP contribution is 2.28. The van der Waals surface area contributed by atoms with Crippen molar-refractivity contribution < 1.29 is 9.53 Å². The van der Waals surface area contributed by atoms with E-state index in [0.717, 1.165) is 10.7 Å². The number of benzene rings is 1. The van der Waals surface area contributed by atoms with Gasteiger partial charge < -0.3 is 15.8 Å². The summed E-state index contributed by atoms with van der Waals surface area (Å²) in [6.07, 6.45) is 0. The van der Waals surface area contributed by atoms with Crippen LogP contribution in [0, 0.1) is 6.92 Å². The van der Waals surface area contributed by atoms with Crippen molar-refractivity contribution in [3.05, 3.63) is 39.8 Å². The second kappa shape index (κ2) is 6.58. The van der Waals surface area contributed by atoms with Gasteiger partial charge in [-0.15, -0.1) is 11.3 Å². The molecule has 3 N–H and O–H groups in total. The molecule has 1 heterocycles. The summed E-state index contributed by atoms with van der Waals surface area (Å²) in [5, 5.41) is 6.28. The topological polar surface area (TPSA) is 77.2 Å². The average molecular weight is 305 g/mol. The van der Waals surface area contributed by atoms with Crippen molar-refractivity contribution >= 4 is 28.7 Å². The fourth-order valence-corrected chi connectivity index (χ4v) is 2.75. The lowest BCUT2D eigenvalue weighted by Gasteiger charge is -2.16. The Bertz CT molecular complexity index is 640. The minimum absolute atomic E-state index is 0.0171. The first-order chi connectivity index (χ1) is 10.0. The Morgan fingerprint density at radius 2 is 2.29 bits per heavy atom. The van der Waals surface area contributed by atoms with Crippen LogP contribution < -0.4 is 11.1 Å². The van der Waals surface area contributed by atoms with Crippen LogP contribution in [0.25, 0.3) is 0 Å². The maximum Gasteiger partial charge on any atom is 0.340 e. The molecule has 0 bridgehead atoms. The summed E-state index contributed by atoms with van der Waals surface area (Å²) in [6.45, 7) is 6.06. The van der Waals surface area contributed by atoms with Crippen LogP contribution in [-0.2, 0) is 4.74 Å². The van der Waals surface area contributed by atoms with E-state index >= 15 is 0 Å². The molecule has 2 rings (SSSR count). The first-order valence-corrected chi connectivity index (χ1v) is 7.65. The lowest BCUT2D eigenvalue weighted by Crippen LogP contribution is -2.12. The Balaban J connectivity index is 2.20. The zero-order valence-electron chi connectivity index (χ0n) is 12.3. The zero-order chi connectivity index (χ0) is 15.4. The van der Waals surface area contributed by atoms with E-state index in [1.807, 2.05) is 25.3 Å². The average Bonchev–Trinajstić information content (AvgIpc) is 2.88. The molecular weight excluding hydrogens is 286 g/mol. The number of carbonyl (C=O) groups is 1. The quantitative estimate of drug-likeness (QED) is 0.654. The highest BCUT2D eigenvalue weighted by Gasteiger charge is 2.16. The first kappa shape index (κ1) is 15.3. The molecule has 0 fully saturated rings. The molecule has 0 spiro atoms. The van der Waals surface area contributed by atoms with Crippen LogP contribution in [0.4, 0.5) is 11.4 Å². The number of nitrogen functional groups attached to an aromatic ring is 1. The van der Waals surface area contributed by atoms with Gasteiger partial charge in [0.25, 0.3) is 0 Å². The van der Waals surface area contributed by atoms with Crippen LogP contribution >= 0.6 is 11.3 Å². The van der Waals surface area contributed by atoms with Gasteiger partial charge in [-0.1, -0.05) is 6.07 Å². The zero-order valence-corrected chi connectivity index (χ0v) is 13.2. The number of carbonyl (C=O) groups excluding carboxylic acids is 1. The van der Waals surface area contributed by atoms with Crippen LogP contribution in [0.3, 0.4) is 0 Å². The fraction of sp³-hybridized carbons (Fsp3) is 0.333. The normalized spacial score (nSPS) is 12.0. The van der Waals surface area contributed by atoms with Gasteiger partial charge in [0.2, 0.25) is 0 Å². The van der Waals surface area contributed by atoms with E-state index in [-0.39, 0.29) is 6.04 Å². The van der Waals surface area contributed by atoms with E-state index in [0.29, 0.717) is 23.5 Å². The summed E-state index contributed by atoms with van der Waals surface area (Å²) < 4.78 is 5.00. The van der Waals surface area contributed by atoms with Crippen molar-refractivity contribution in [3.63, 3.8) is 0 Å². The van der Waals surface area contributed by atoms with Crippen LogP contribution in [0.5, 0.6) is 0 Å². The van der Waals surface area contributed by atoms with Gasteiger partial charge >= 0.3 is 5.97 Å². The molecule has 0 saturated carbocycles. The summed E-state index contributed by atoms with van der Waals surface area (Å²) in [5.41, 5.74) is 8.55. The molecule has 21 heavy (non-hydrogen) atoms. The van der Waals surface area contributed by atoms with Gasteiger partial charge in [0.05, 0.1) is 29.6 Å². The number of nitrogens with zero attached hydrogens (tertiary/aromatic N) is 1. The number of hydrogen-bond donors (Lipinski definition) is 2. The molecule has 1 unspecified atom stereocenters. The van der Waals surface area contributed by atoms with Crippen molar-refractivity contribution in [1.82, 2.24) is 4.98 Å². The van der Waals surface area contributed by atoms with Crippen molar-refractivity contribution in [1.29, 1.82) is 0 Å². The largest absolute Gasteiger partial charge is 0.462 e. The smallest absolute Gasteiger partial charge is 0.340 e. The molecule has 1 aromatic carbocycles. The van der Waals surface area contributed by atoms with E-state index < -0.39 is 5.97 Å². The minimum Gasteiger partial charge on any atom is -0.462 e. The number of thiazole rings is 1. The fourth-order valence-electron chi connectivity index (χ4n) is 1.94. The molecule has 5 nitrogen and oxygen atoms in total. The Kier molecular flexibility index (Phi) is 4.80. The number of ether oxygens (including phenoxy) is 1. The Morgan fingerprint density at radius 1 is 1.52 bits per heavy atom. The SMILES string of the molecule is CCOC(=O)c1cccc(NC(C)c2nc(C)cs2)c1N. The predicted molar refractivity (Wildman–Crippen MR) is 85.7 cm³/mol. The molecule has 0 saturated heterocycles. The van der Waals surface area contributed by atoms with Crippen molar-refractivity contribution in [2.24, 2.45) is 0 Å². The number of hydrogen-bond acceptors (Lipinski definition) is 6. The highest BCUT2D eigenvalue weighted by atomic mass is 32.1. The van der Waals surface area contributed by atoms with Crippen LogP contribution in [0.15, 0.2) is 23.6 Å². The molecule has 2 aromatic rings. The Morgan fingerprint density at radius 3 is 2.90 bits per heavy atom. The maximum atomic E-state index is 11.8. The maximum absolute atomic E-state index is 11.8. The molecule has 1 aromatic heterocycles. The minimum atomic E-state index is -0.406. The third-order valence-electron chi connectivity index (χ3n) is 2.98. The molecule has 0 aliphatic rings. The summed E-state index contributed by atoms with van der Waals surface area (Å²) in [6, 6.07) is 5.31. The number of aryl methyl sites for hydroxylation is 1. The van der Waals surface area contributed by atoms with Crippen molar-refractivity contribution in [2.75, 3.05) is 17.7 Å². The van der Waals surface area contributed by atoms with Gasteiger partial charge in [-0.25, -0.2) is 9.78 Å². The van der Waals surface area contributed by atoms with Crippen LogP contribution in [-0.4, -0.2) is 17.6 Å². The number of esters is 1. The van der Waals surface area contributed by atoms with Gasteiger partial charge in [0, 0.05) is 11.1 Å². The number of nitrogens with one attached hydrogen (secondary N) is 1. The van der Waals surface area contributed by atoms with E-state index in [4.69, 9.17) is 10.5 Å². The van der Waals surface area contributed by atoms with Crippen LogP contribution in [0.1, 0.15) is 40.9 Å². The van der Waals surface area contributed by atoms with E-state index in [1.54, 1.807) is 30.4 Å². The molecule has 0 radical (unpaired) electrons. The summed E-state index contributed by atoms with van der Waals surface area (Å²) in [5.74, 6) is -0.406. The summed E-state index contributed by atoms with van der Waals surface area (Å²) in [4.78, 5) is 16.3. The molecule has 1 atom stereocenters. The molecule has 6 heteroatoms. The standard InChI is InChI=1S/C15H19N3O2S/c1-4-20-15(19)11-6-5-7-12(13(11)16)18-10(3)14-17-9(2)8-21-14/h5-8,10,18H,4,16H2,1-3H3. The highest BCUT2D eigenvalue weighted by molar-refractivity contribution is 7.09. The summed E-state index contributed by atoms with van der Waals surface area (Å²) >= 11 is 1.60. The van der Waals surface area contributed by atoms with Gasteiger partial charge in [0.15, 0.2) is 0 Å². The predicted octanol–water partition coefficient (Wildman–Crippen LogP) is 3.38. The molecule has 0 aliphatic carbocycles. The van der Waals surface area contributed by atoms with Gasteiger partial charge in [0.1, 0.15) is 5.01 Å². The molecular formula is C15H19N3O2S. The third-order valence-corrected chi connectivity index (χ3v) is 4.13. The summed E-state index contributed by atoms with van der Waals surface area (Å²) in [7, 11) is 0. The van der Waals surface area contributed by atoms with Gasteiger partial charge in [-0.2, -0.15) is 0 Å². The Hall–Kier alpha value is -2.08. The lowest BCUT2D eigenvalue weighted by atomic mass is 10.1. The third kappa shape index (κ3) is 3.52. The first-order valence-electron chi connectivity index (χ1n) is 6.77. The second-order valence-electron chi connectivity index (χ2n) is 4.68. The van der Waals surface area contributed by atoms with Crippen molar-refractivity contribution in [3.8, 4) is 0 Å². The number of aromatic nitrogens is 1. The number of para-hydroxylation sites is 1. The van der Waals surface area contributed by atoms with E-state index in [9.17, 15) is 4.79 Å². The van der Waals surface area contributed by atoms with Gasteiger partial charge in [-0.3, -0.25) is 0 Å². The number of nitrogens with two attached hydrogens (primary N) is 1. The molecule has 112 valence electrons.